The van der Waals surface area contributed by atoms with E-state index in [9.17, 15) is 27.8 Å². The molecule has 218 valence electrons. The van der Waals surface area contributed by atoms with Crippen molar-refractivity contribution in [2.45, 2.75) is 56.5 Å². The van der Waals surface area contributed by atoms with E-state index in [0.29, 0.717) is 41.0 Å². The zero-order valence-corrected chi connectivity index (χ0v) is 21.8. The zero-order chi connectivity index (χ0) is 29.9. The molecule has 41 heavy (non-hydrogen) atoms. The fourth-order valence-corrected chi connectivity index (χ4v) is 6.28. The monoisotopic (exact) mass is 576 g/mol. The molecule has 0 amide bonds. The van der Waals surface area contributed by atoms with Crippen LogP contribution in [0.5, 0.6) is 0 Å². The molecule has 7 N–H and O–H groups in total. The topological polar surface area (TPSA) is 173 Å². The Morgan fingerprint density at radius 2 is 1.85 bits per heavy atom. The SMILES string of the molecule is Cc1nc(N)c2ccn([C@@H]3C[C@@H]4[C@H](Cc5ccc6cc(F)c(N)nc6c5)CC[C@]4(O)[C@H]3O)c2n1.O=C(O)C(F)(F)F. The number of nitrogen functional groups attached to an aromatic ring is 2. The largest absolute Gasteiger partial charge is 0.490 e. The third-order valence-corrected chi connectivity index (χ3v) is 8.17. The van der Waals surface area contributed by atoms with E-state index in [1.807, 2.05) is 35.0 Å². The van der Waals surface area contributed by atoms with Crippen molar-refractivity contribution in [3.63, 3.8) is 0 Å². The molecule has 3 heterocycles. The van der Waals surface area contributed by atoms with Gasteiger partial charge in [0, 0.05) is 11.6 Å². The molecule has 2 aliphatic carbocycles. The summed E-state index contributed by atoms with van der Waals surface area (Å²) in [7, 11) is 0. The minimum atomic E-state index is -5.08. The summed E-state index contributed by atoms with van der Waals surface area (Å²) in [5.41, 5.74) is 13.0. The van der Waals surface area contributed by atoms with Gasteiger partial charge in [0.15, 0.2) is 11.6 Å². The number of aliphatic carboxylic acids is 1. The maximum Gasteiger partial charge on any atom is 0.490 e. The third-order valence-electron chi connectivity index (χ3n) is 8.17. The van der Waals surface area contributed by atoms with Crippen LogP contribution >= 0.6 is 0 Å². The van der Waals surface area contributed by atoms with E-state index in [0.717, 1.165) is 23.8 Å². The van der Waals surface area contributed by atoms with Crippen LogP contribution in [0.2, 0.25) is 0 Å². The van der Waals surface area contributed by atoms with Crippen LogP contribution in [0.3, 0.4) is 0 Å². The Kier molecular flexibility index (Phi) is 7.02. The van der Waals surface area contributed by atoms with Gasteiger partial charge >= 0.3 is 12.1 Å². The standard InChI is InChI=1S/C25H27FN6O2.C2HF3O2/c1-12-29-22(27)16-5-7-32(24(16)30-12)20-11-17-14(4-6-25(17,34)21(20)33)8-13-2-3-15-10-18(26)23(28)31-19(15)9-13;3-2(4,5)1(6)7/h2-3,5,7,9-10,14,17,20-21,33-34H,4,6,8,11H2,1H3,(H2,28,31)(H2,27,29,30);(H,6,7)/t14-,17+,20+,21-,25+;/m0./s1. The normalized spacial score (nSPS) is 25.7. The summed E-state index contributed by atoms with van der Waals surface area (Å²) in [4.78, 5) is 21.9. The average Bonchev–Trinajstić information content (AvgIpc) is 3.52. The second kappa shape index (κ2) is 10.1. The number of aliphatic hydroxyl groups is 2. The van der Waals surface area contributed by atoms with Gasteiger partial charge in [0.25, 0.3) is 0 Å². The highest BCUT2D eigenvalue weighted by atomic mass is 19.4. The summed E-state index contributed by atoms with van der Waals surface area (Å²) >= 11 is 0. The number of nitrogens with zero attached hydrogens (tertiary/aromatic N) is 4. The number of nitrogens with two attached hydrogens (primary N) is 2. The first-order chi connectivity index (χ1) is 19.2. The molecular formula is C27H28F4N6O4. The van der Waals surface area contributed by atoms with Gasteiger partial charge in [0.2, 0.25) is 0 Å². The molecule has 4 aromatic rings. The molecular weight excluding hydrogens is 548 g/mol. The van der Waals surface area contributed by atoms with E-state index in [4.69, 9.17) is 21.4 Å². The summed E-state index contributed by atoms with van der Waals surface area (Å²) in [6.07, 6.45) is -1.38. The van der Waals surface area contributed by atoms with Crippen LogP contribution in [-0.2, 0) is 11.2 Å². The van der Waals surface area contributed by atoms with Crippen molar-refractivity contribution in [1.82, 2.24) is 19.5 Å². The van der Waals surface area contributed by atoms with E-state index < -0.39 is 29.7 Å². The summed E-state index contributed by atoms with van der Waals surface area (Å²) in [5, 5.41) is 31.4. The zero-order valence-electron chi connectivity index (χ0n) is 21.8. The van der Waals surface area contributed by atoms with Crippen molar-refractivity contribution in [2.75, 3.05) is 11.5 Å². The average molecular weight is 577 g/mol. The molecule has 1 aromatic carbocycles. The van der Waals surface area contributed by atoms with Gasteiger partial charge in [0.05, 0.1) is 22.5 Å². The number of pyridine rings is 1. The van der Waals surface area contributed by atoms with Gasteiger partial charge < -0.3 is 31.4 Å². The molecule has 0 radical (unpaired) electrons. The highest BCUT2D eigenvalue weighted by Crippen LogP contribution is 2.55. The van der Waals surface area contributed by atoms with Crippen LogP contribution in [-0.4, -0.2) is 58.7 Å². The first-order valence-corrected chi connectivity index (χ1v) is 12.8. The van der Waals surface area contributed by atoms with E-state index in [1.165, 1.54) is 6.07 Å². The number of benzene rings is 1. The Bertz CT molecular complexity index is 1640. The number of alkyl halides is 3. The second-order valence-electron chi connectivity index (χ2n) is 10.7. The lowest BCUT2D eigenvalue weighted by Crippen LogP contribution is -2.42. The third kappa shape index (κ3) is 5.12. The molecule has 0 aliphatic heterocycles. The Hall–Kier alpha value is -4.04. The Morgan fingerprint density at radius 3 is 2.54 bits per heavy atom. The van der Waals surface area contributed by atoms with Crippen molar-refractivity contribution < 1.29 is 37.7 Å². The number of rotatable bonds is 3. The molecule has 0 spiro atoms. The minimum absolute atomic E-state index is 0.0628. The van der Waals surface area contributed by atoms with E-state index in [1.54, 1.807) is 6.92 Å². The van der Waals surface area contributed by atoms with E-state index in [-0.39, 0.29) is 23.7 Å². The van der Waals surface area contributed by atoms with Crippen molar-refractivity contribution in [3.8, 4) is 0 Å². The molecule has 0 bridgehead atoms. The number of hydrogen-bond acceptors (Lipinski definition) is 8. The van der Waals surface area contributed by atoms with Crippen molar-refractivity contribution >= 4 is 39.5 Å². The molecule has 10 nitrogen and oxygen atoms in total. The fourth-order valence-electron chi connectivity index (χ4n) is 6.28. The maximum absolute atomic E-state index is 13.7. The van der Waals surface area contributed by atoms with Gasteiger partial charge in [0.1, 0.15) is 23.4 Å². The molecule has 2 fully saturated rings. The number of carbonyl (C=O) groups is 1. The molecule has 2 saturated carbocycles. The van der Waals surface area contributed by atoms with Crippen LogP contribution < -0.4 is 11.5 Å². The molecule has 5 atom stereocenters. The van der Waals surface area contributed by atoms with Crippen molar-refractivity contribution in [2.24, 2.45) is 11.8 Å². The molecule has 2 aliphatic rings. The number of carboxylic acid groups (broad SMARTS) is 1. The second-order valence-corrected chi connectivity index (χ2v) is 10.7. The minimum Gasteiger partial charge on any atom is -0.475 e. The number of fused-ring (bicyclic) bond motifs is 3. The highest BCUT2D eigenvalue weighted by Gasteiger charge is 2.59. The van der Waals surface area contributed by atoms with Crippen LogP contribution in [0.25, 0.3) is 21.9 Å². The van der Waals surface area contributed by atoms with Gasteiger partial charge in [-0.15, -0.1) is 0 Å². The molecule has 3 aromatic heterocycles. The van der Waals surface area contributed by atoms with Gasteiger partial charge in [-0.05, 0) is 68.2 Å². The van der Waals surface area contributed by atoms with Crippen LogP contribution in [0, 0.1) is 24.6 Å². The Morgan fingerprint density at radius 1 is 1.15 bits per heavy atom. The number of aliphatic hydroxyl groups excluding tert-OH is 1. The first-order valence-electron chi connectivity index (χ1n) is 12.8. The van der Waals surface area contributed by atoms with Gasteiger partial charge in [-0.25, -0.2) is 24.1 Å². The summed E-state index contributed by atoms with van der Waals surface area (Å²) in [6.45, 7) is 1.79. The predicted octanol–water partition coefficient (Wildman–Crippen LogP) is 3.53. The number of anilines is 2. The van der Waals surface area contributed by atoms with Gasteiger partial charge in [-0.2, -0.15) is 13.2 Å². The summed E-state index contributed by atoms with van der Waals surface area (Å²) in [6, 6.07) is 8.72. The van der Waals surface area contributed by atoms with Gasteiger partial charge in [-0.1, -0.05) is 12.1 Å². The predicted molar refractivity (Wildman–Crippen MR) is 141 cm³/mol. The number of carboxylic acids is 1. The number of hydrogen-bond donors (Lipinski definition) is 5. The summed E-state index contributed by atoms with van der Waals surface area (Å²) in [5.74, 6) is -2.27. The molecule has 0 saturated heterocycles. The number of aromatic nitrogens is 4. The smallest absolute Gasteiger partial charge is 0.475 e. The highest BCUT2D eigenvalue weighted by molar-refractivity contribution is 5.86. The number of halogens is 4. The molecule has 0 unspecified atom stereocenters. The van der Waals surface area contributed by atoms with E-state index in [2.05, 4.69) is 15.0 Å². The lowest BCUT2D eigenvalue weighted by Gasteiger charge is -2.29. The first kappa shape index (κ1) is 28.5. The van der Waals surface area contributed by atoms with Crippen LogP contribution in [0.15, 0.2) is 36.5 Å². The lowest BCUT2D eigenvalue weighted by molar-refractivity contribution is -0.192. The van der Waals surface area contributed by atoms with Crippen molar-refractivity contribution in [3.05, 3.63) is 53.7 Å². The summed E-state index contributed by atoms with van der Waals surface area (Å²) < 4.78 is 47.4. The quantitative estimate of drug-likeness (QED) is 0.229. The number of aryl methyl sites for hydroxylation is 1. The van der Waals surface area contributed by atoms with E-state index >= 15 is 0 Å². The Labute approximate surface area is 230 Å². The van der Waals surface area contributed by atoms with Crippen molar-refractivity contribution in [1.29, 1.82) is 0 Å². The van der Waals surface area contributed by atoms with Crippen LogP contribution in [0.1, 0.15) is 36.7 Å². The molecule has 14 heteroatoms. The Balaban J connectivity index is 0.000000431. The maximum atomic E-state index is 13.7. The fraction of sp³-hybridized carbons (Fsp3) is 0.407. The van der Waals surface area contributed by atoms with Gasteiger partial charge in [-0.3, -0.25) is 0 Å². The molecule has 6 rings (SSSR count). The van der Waals surface area contributed by atoms with Crippen LogP contribution in [0.4, 0.5) is 29.2 Å². The lowest BCUT2D eigenvalue weighted by atomic mass is 9.84.